The van der Waals surface area contributed by atoms with Crippen LogP contribution in [0.25, 0.3) is 0 Å². The smallest absolute Gasteiger partial charge is 0.143 e. The van der Waals surface area contributed by atoms with E-state index < -0.39 is 0 Å². The number of ether oxygens (including phenoxy) is 1. The van der Waals surface area contributed by atoms with Crippen molar-refractivity contribution in [2.75, 3.05) is 12.4 Å². The van der Waals surface area contributed by atoms with E-state index >= 15 is 0 Å². The van der Waals surface area contributed by atoms with Gasteiger partial charge in [-0.2, -0.15) is 0 Å². The fourth-order valence-corrected chi connectivity index (χ4v) is 3.17. The Morgan fingerprint density at radius 3 is 2.78 bits per heavy atom. The Kier molecular flexibility index (Phi) is 4.30. The molecule has 1 atom stereocenters. The Bertz CT molecular complexity index is 525. The van der Waals surface area contributed by atoms with Gasteiger partial charge in [-0.25, -0.2) is 0 Å². The van der Waals surface area contributed by atoms with E-state index in [0.717, 1.165) is 15.9 Å². The summed E-state index contributed by atoms with van der Waals surface area (Å²) in [5, 5.41) is 5.62. The van der Waals surface area contributed by atoms with Crippen LogP contribution in [0, 0.1) is 6.92 Å². The van der Waals surface area contributed by atoms with Crippen molar-refractivity contribution in [3.8, 4) is 5.75 Å². The zero-order chi connectivity index (χ0) is 13.1. The summed E-state index contributed by atoms with van der Waals surface area (Å²) in [6.45, 7) is 4.24. The number of rotatable bonds is 4. The average Bonchev–Trinajstić information content (AvgIpc) is 2.85. The van der Waals surface area contributed by atoms with E-state index in [0.29, 0.717) is 0 Å². The van der Waals surface area contributed by atoms with Crippen LogP contribution in [0.15, 0.2) is 34.1 Å². The summed E-state index contributed by atoms with van der Waals surface area (Å²) in [6.07, 6.45) is 0. The third-order valence-electron chi connectivity index (χ3n) is 2.81. The van der Waals surface area contributed by atoms with Gasteiger partial charge in [0.1, 0.15) is 5.75 Å². The van der Waals surface area contributed by atoms with Crippen molar-refractivity contribution in [3.05, 3.63) is 44.6 Å². The van der Waals surface area contributed by atoms with Crippen LogP contribution in [0.3, 0.4) is 0 Å². The highest BCUT2D eigenvalue weighted by molar-refractivity contribution is 9.10. The van der Waals surface area contributed by atoms with Crippen molar-refractivity contribution in [2.24, 2.45) is 0 Å². The van der Waals surface area contributed by atoms with Crippen molar-refractivity contribution in [3.63, 3.8) is 0 Å². The van der Waals surface area contributed by atoms with Crippen molar-refractivity contribution < 1.29 is 4.74 Å². The molecule has 0 amide bonds. The van der Waals surface area contributed by atoms with Crippen LogP contribution in [0.1, 0.15) is 23.4 Å². The standard InChI is InChI=1S/C14H16BrNOS/c1-9-7-11(15)8-12(17-3)14(9)16-10(2)13-5-4-6-18-13/h4-8,10,16H,1-3H3. The second-order valence-electron chi connectivity index (χ2n) is 4.18. The normalized spacial score (nSPS) is 12.2. The molecule has 2 nitrogen and oxygen atoms in total. The minimum Gasteiger partial charge on any atom is -0.495 e. The van der Waals surface area contributed by atoms with E-state index in [4.69, 9.17) is 4.74 Å². The molecular weight excluding hydrogens is 310 g/mol. The predicted molar refractivity (Wildman–Crippen MR) is 81.8 cm³/mol. The largest absolute Gasteiger partial charge is 0.495 e. The highest BCUT2D eigenvalue weighted by Crippen LogP contribution is 2.35. The van der Waals surface area contributed by atoms with E-state index in [1.165, 1.54) is 10.4 Å². The van der Waals surface area contributed by atoms with Crippen LogP contribution in [0.2, 0.25) is 0 Å². The first-order chi connectivity index (χ1) is 8.61. The van der Waals surface area contributed by atoms with Gasteiger partial charge in [-0.15, -0.1) is 11.3 Å². The lowest BCUT2D eigenvalue weighted by Gasteiger charge is -2.19. The predicted octanol–water partition coefficient (Wildman–Crippen LogP) is 5.00. The Hall–Kier alpha value is -1.00. The molecular formula is C14H16BrNOS. The lowest BCUT2D eigenvalue weighted by Crippen LogP contribution is -2.07. The molecule has 1 N–H and O–H groups in total. The Balaban J connectivity index is 2.28. The first kappa shape index (κ1) is 13.4. The minimum absolute atomic E-state index is 0.277. The molecule has 0 aliphatic rings. The maximum Gasteiger partial charge on any atom is 0.143 e. The number of thiophene rings is 1. The Morgan fingerprint density at radius 2 is 2.17 bits per heavy atom. The third-order valence-corrected chi connectivity index (χ3v) is 4.33. The summed E-state index contributed by atoms with van der Waals surface area (Å²) in [5.74, 6) is 0.866. The molecule has 0 radical (unpaired) electrons. The van der Waals surface area contributed by atoms with Gasteiger partial charge in [0.2, 0.25) is 0 Å². The van der Waals surface area contributed by atoms with E-state index in [1.807, 2.05) is 6.07 Å². The monoisotopic (exact) mass is 325 g/mol. The third kappa shape index (κ3) is 2.87. The molecule has 2 aromatic rings. The zero-order valence-electron chi connectivity index (χ0n) is 10.7. The molecule has 0 saturated carbocycles. The van der Waals surface area contributed by atoms with Crippen molar-refractivity contribution in [2.45, 2.75) is 19.9 Å². The van der Waals surface area contributed by atoms with Gasteiger partial charge in [-0.3, -0.25) is 0 Å². The summed E-state index contributed by atoms with van der Waals surface area (Å²) >= 11 is 5.25. The van der Waals surface area contributed by atoms with Gasteiger partial charge in [0.25, 0.3) is 0 Å². The number of anilines is 1. The van der Waals surface area contributed by atoms with E-state index in [1.54, 1.807) is 18.4 Å². The second-order valence-corrected chi connectivity index (χ2v) is 6.08. The summed E-state index contributed by atoms with van der Waals surface area (Å²) < 4.78 is 6.47. The van der Waals surface area contributed by atoms with Crippen molar-refractivity contribution in [1.82, 2.24) is 0 Å². The molecule has 1 heterocycles. The first-order valence-corrected chi connectivity index (χ1v) is 7.43. The van der Waals surface area contributed by atoms with E-state index in [2.05, 4.69) is 58.7 Å². The molecule has 1 aromatic heterocycles. The minimum atomic E-state index is 0.277. The molecule has 1 aromatic carbocycles. The topological polar surface area (TPSA) is 21.3 Å². The van der Waals surface area contributed by atoms with Crippen LogP contribution in [-0.4, -0.2) is 7.11 Å². The van der Waals surface area contributed by atoms with Crippen LogP contribution < -0.4 is 10.1 Å². The quantitative estimate of drug-likeness (QED) is 0.853. The van der Waals surface area contributed by atoms with Crippen LogP contribution in [0.5, 0.6) is 5.75 Å². The van der Waals surface area contributed by atoms with Gasteiger partial charge in [-0.05, 0) is 43.0 Å². The fourth-order valence-electron chi connectivity index (χ4n) is 1.88. The maximum atomic E-state index is 5.44. The highest BCUT2D eigenvalue weighted by Gasteiger charge is 2.12. The average molecular weight is 326 g/mol. The molecule has 0 bridgehead atoms. The van der Waals surface area contributed by atoms with Gasteiger partial charge in [0.15, 0.2) is 0 Å². The molecule has 2 rings (SSSR count). The second kappa shape index (κ2) is 5.76. The molecule has 0 saturated heterocycles. The maximum absolute atomic E-state index is 5.44. The van der Waals surface area contributed by atoms with Crippen LogP contribution >= 0.6 is 27.3 Å². The molecule has 4 heteroatoms. The molecule has 96 valence electrons. The number of nitrogens with one attached hydrogen (secondary N) is 1. The SMILES string of the molecule is COc1cc(Br)cc(C)c1NC(C)c1cccs1. The van der Waals surface area contributed by atoms with Gasteiger partial charge in [0.05, 0.1) is 18.8 Å². The first-order valence-electron chi connectivity index (χ1n) is 5.76. The van der Waals surface area contributed by atoms with Crippen LogP contribution in [-0.2, 0) is 0 Å². The lowest BCUT2D eigenvalue weighted by molar-refractivity contribution is 0.415. The number of aryl methyl sites for hydroxylation is 1. The molecule has 0 spiro atoms. The molecule has 0 aliphatic heterocycles. The highest BCUT2D eigenvalue weighted by atomic mass is 79.9. The lowest BCUT2D eigenvalue weighted by atomic mass is 10.1. The fraction of sp³-hybridized carbons (Fsp3) is 0.286. The van der Waals surface area contributed by atoms with Gasteiger partial charge in [0, 0.05) is 9.35 Å². The van der Waals surface area contributed by atoms with E-state index in [-0.39, 0.29) is 6.04 Å². The van der Waals surface area contributed by atoms with E-state index in [9.17, 15) is 0 Å². The van der Waals surface area contributed by atoms with Crippen molar-refractivity contribution in [1.29, 1.82) is 0 Å². The molecule has 0 aliphatic carbocycles. The molecule has 18 heavy (non-hydrogen) atoms. The molecule has 0 fully saturated rings. The summed E-state index contributed by atoms with van der Waals surface area (Å²) in [7, 11) is 1.70. The number of hydrogen-bond acceptors (Lipinski definition) is 3. The number of methoxy groups -OCH3 is 1. The summed E-state index contributed by atoms with van der Waals surface area (Å²) in [5.41, 5.74) is 2.23. The number of hydrogen-bond donors (Lipinski definition) is 1. The van der Waals surface area contributed by atoms with Gasteiger partial charge in [-0.1, -0.05) is 22.0 Å². The van der Waals surface area contributed by atoms with Gasteiger partial charge >= 0.3 is 0 Å². The van der Waals surface area contributed by atoms with Gasteiger partial charge < -0.3 is 10.1 Å². The Morgan fingerprint density at radius 1 is 1.39 bits per heavy atom. The van der Waals surface area contributed by atoms with Crippen molar-refractivity contribution >= 4 is 33.0 Å². The number of halogens is 1. The Labute approximate surface area is 120 Å². The molecule has 1 unspecified atom stereocenters. The summed E-state index contributed by atoms with van der Waals surface area (Å²) in [6, 6.07) is 8.56. The summed E-state index contributed by atoms with van der Waals surface area (Å²) in [4.78, 5) is 1.32. The zero-order valence-corrected chi connectivity index (χ0v) is 13.1. The number of benzene rings is 1. The van der Waals surface area contributed by atoms with Crippen LogP contribution in [0.4, 0.5) is 5.69 Å².